The van der Waals surface area contributed by atoms with Crippen LogP contribution in [0.4, 0.5) is 0 Å². The first kappa shape index (κ1) is 15.9. The van der Waals surface area contributed by atoms with Gasteiger partial charge in [0, 0.05) is 19.0 Å². The van der Waals surface area contributed by atoms with E-state index in [2.05, 4.69) is 6.58 Å². The average molecular weight is 303 g/mol. The quantitative estimate of drug-likeness (QED) is 0.550. The van der Waals surface area contributed by atoms with Gasteiger partial charge in [0.05, 0.1) is 31.2 Å². The molecular weight excluding hydrogens is 278 g/mol. The van der Waals surface area contributed by atoms with Gasteiger partial charge < -0.3 is 9.47 Å². The van der Waals surface area contributed by atoms with Crippen molar-refractivity contribution in [2.24, 2.45) is 5.92 Å². The van der Waals surface area contributed by atoms with Crippen LogP contribution in [-0.2, 0) is 19.5 Å². The summed E-state index contributed by atoms with van der Waals surface area (Å²) in [7, 11) is -3.14. The fourth-order valence-corrected chi connectivity index (χ4v) is 4.37. The number of hydrogen-bond acceptors (Lipinski definition) is 4. The van der Waals surface area contributed by atoms with Gasteiger partial charge in [0.1, 0.15) is 0 Å². The van der Waals surface area contributed by atoms with Crippen LogP contribution in [0.25, 0.3) is 0 Å². The lowest BCUT2D eigenvalue weighted by molar-refractivity contribution is -0.124. The molecule has 20 heavy (non-hydrogen) atoms. The SMILES string of the molecule is C=CCOC[C@@H]1CCC[C@@]12CN(S(=O)(=O)CC)CCO2. The summed E-state index contributed by atoms with van der Waals surface area (Å²) < 4.78 is 37.4. The van der Waals surface area contributed by atoms with Crippen molar-refractivity contribution in [1.29, 1.82) is 0 Å². The Labute approximate surface area is 122 Å². The number of ether oxygens (including phenoxy) is 2. The third-order valence-electron chi connectivity index (χ3n) is 4.38. The van der Waals surface area contributed by atoms with E-state index in [1.165, 1.54) is 0 Å². The molecule has 0 aromatic heterocycles. The van der Waals surface area contributed by atoms with E-state index in [-0.39, 0.29) is 17.3 Å². The van der Waals surface area contributed by atoms with E-state index < -0.39 is 10.0 Å². The van der Waals surface area contributed by atoms with Crippen molar-refractivity contribution in [1.82, 2.24) is 4.31 Å². The average Bonchev–Trinajstić information content (AvgIpc) is 2.82. The first-order valence-corrected chi connectivity index (χ1v) is 8.95. The highest BCUT2D eigenvalue weighted by molar-refractivity contribution is 7.89. The summed E-state index contributed by atoms with van der Waals surface area (Å²) in [5, 5.41) is 0. The van der Waals surface area contributed by atoms with Crippen LogP contribution in [-0.4, -0.2) is 57.0 Å². The summed E-state index contributed by atoms with van der Waals surface area (Å²) in [6, 6.07) is 0. The van der Waals surface area contributed by atoms with Crippen LogP contribution in [0.15, 0.2) is 12.7 Å². The van der Waals surface area contributed by atoms with Gasteiger partial charge in [0.15, 0.2) is 0 Å². The van der Waals surface area contributed by atoms with Gasteiger partial charge in [-0.1, -0.05) is 12.5 Å². The lowest BCUT2D eigenvalue weighted by atomic mass is 9.90. The maximum atomic E-state index is 12.1. The highest BCUT2D eigenvalue weighted by Gasteiger charge is 2.48. The molecule has 1 saturated heterocycles. The Morgan fingerprint density at radius 1 is 1.55 bits per heavy atom. The maximum Gasteiger partial charge on any atom is 0.214 e. The highest BCUT2D eigenvalue weighted by atomic mass is 32.2. The lowest BCUT2D eigenvalue weighted by Gasteiger charge is -2.43. The fraction of sp³-hybridized carbons (Fsp3) is 0.857. The second kappa shape index (κ2) is 6.56. The number of morpholine rings is 1. The Hall–Kier alpha value is -0.430. The molecule has 2 atom stereocenters. The minimum atomic E-state index is -3.14. The second-order valence-electron chi connectivity index (χ2n) is 5.56. The van der Waals surface area contributed by atoms with Gasteiger partial charge in [0.2, 0.25) is 10.0 Å². The van der Waals surface area contributed by atoms with Gasteiger partial charge in [-0.15, -0.1) is 6.58 Å². The summed E-state index contributed by atoms with van der Waals surface area (Å²) in [5.41, 5.74) is -0.346. The lowest BCUT2D eigenvalue weighted by Crippen LogP contribution is -2.56. The molecular formula is C14H25NO4S. The van der Waals surface area contributed by atoms with E-state index >= 15 is 0 Å². The Morgan fingerprint density at radius 3 is 3.05 bits per heavy atom. The molecule has 2 rings (SSSR count). The summed E-state index contributed by atoms with van der Waals surface area (Å²) in [4.78, 5) is 0. The van der Waals surface area contributed by atoms with E-state index in [0.29, 0.717) is 32.9 Å². The standard InChI is InChI=1S/C14H25NO4S/c1-3-9-18-11-13-6-5-7-14(13)12-15(8-10-19-14)20(16,17)4-2/h3,13H,1,4-12H2,2H3/t13-,14+/m0/s1. The molecule has 1 saturated carbocycles. The molecule has 0 unspecified atom stereocenters. The van der Waals surface area contributed by atoms with Crippen LogP contribution >= 0.6 is 0 Å². The molecule has 2 fully saturated rings. The molecule has 116 valence electrons. The third kappa shape index (κ3) is 3.24. The van der Waals surface area contributed by atoms with Crippen molar-refractivity contribution in [3.8, 4) is 0 Å². The molecule has 2 aliphatic rings. The second-order valence-corrected chi connectivity index (χ2v) is 7.82. The van der Waals surface area contributed by atoms with Gasteiger partial charge in [0.25, 0.3) is 0 Å². The van der Waals surface area contributed by atoms with Crippen molar-refractivity contribution in [2.75, 3.05) is 38.7 Å². The van der Waals surface area contributed by atoms with Crippen LogP contribution in [0.3, 0.4) is 0 Å². The molecule has 0 amide bonds. The van der Waals surface area contributed by atoms with Gasteiger partial charge in [-0.05, 0) is 19.8 Å². The van der Waals surface area contributed by atoms with Gasteiger partial charge in [-0.2, -0.15) is 4.31 Å². The number of nitrogens with zero attached hydrogens (tertiary/aromatic N) is 1. The predicted octanol–water partition coefficient (Wildman–Crippen LogP) is 1.41. The van der Waals surface area contributed by atoms with E-state index in [9.17, 15) is 8.42 Å². The van der Waals surface area contributed by atoms with Crippen LogP contribution in [0.5, 0.6) is 0 Å². The Balaban J connectivity index is 2.06. The predicted molar refractivity (Wildman–Crippen MR) is 78.1 cm³/mol. The smallest absolute Gasteiger partial charge is 0.214 e. The van der Waals surface area contributed by atoms with Gasteiger partial charge in [-0.25, -0.2) is 8.42 Å². The molecule has 0 N–H and O–H groups in total. The number of sulfonamides is 1. The van der Waals surface area contributed by atoms with E-state index in [1.807, 2.05) is 0 Å². The fourth-order valence-electron chi connectivity index (χ4n) is 3.24. The Morgan fingerprint density at radius 2 is 2.35 bits per heavy atom. The summed E-state index contributed by atoms with van der Waals surface area (Å²) in [6.45, 7) is 7.91. The number of hydrogen-bond donors (Lipinski definition) is 0. The van der Waals surface area contributed by atoms with Crippen molar-refractivity contribution in [3.05, 3.63) is 12.7 Å². The van der Waals surface area contributed by atoms with Crippen molar-refractivity contribution >= 4 is 10.0 Å². The van der Waals surface area contributed by atoms with Crippen molar-refractivity contribution in [3.63, 3.8) is 0 Å². The molecule has 1 aliphatic carbocycles. The normalized spacial score (nSPS) is 31.8. The molecule has 1 aliphatic heterocycles. The van der Waals surface area contributed by atoms with Gasteiger partial charge >= 0.3 is 0 Å². The highest BCUT2D eigenvalue weighted by Crippen LogP contribution is 2.41. The van der Waals surface area contributed by atoms with Gasteiger partial charge in [-0.3, -0.25) is 0 Å². The monoisotopic (exact) mass is 303 g/mol. The van der Waals surface area contributed by atoms with E-state index in [0.717, 1.165) is 19.3 Å². The Bertz CT molecular complexity index is 436. The summed E-state index contributed by atoms with van der Waals surface area (Å²) in [6.07, 6.45) is 4.77. The minimum Gasteiger partial charge on any atom is -0.377 e. The van der Waals surface area contributed by atoms with E-state index in [4.69, 9.17) is 9.47 Å². The molecule has 0 bridgehead atoms. The minimum absolute atomic E-state index is 0.153. The first-order valence-electron chi connectivity index (χ1n) is 7.34. The molecule has 0 aromatic carbocycles. The zero-order valence-corrected chi connectivity index (χ0v) is 13.0. The van der Waals surface area contributed by atoms with Crippen LogP contribution in [0.1, 0.15) is 26.2 Å². The maximum absolute atomic E-state index is 12.1. The largest absolute Gasteiger partial charge is 0.377 e. The third-order valence-corrected chi connectivity index (χ3v) is 6.21. The van der Waals surface area contributed by atoms with Crippen molar-refractivity contribution < 1.29 is 17.9 Å². The first-order chi connectivity index (χ1) is 9.54. The van der Waals surface area contributed by atoms with Crippen LogP contribution < -0.4 is 0 Å². The van der Waals surface area contributed by atoms with Crippen LogP contribution in [0.2, 0.25) is 0 Å². The number of rotatable bonds is 6. The molecule has 1 heterocycles. The molecule has 1 spiro atoms. The van der Waals surface area contributed by atoms with Crippen molar-refractivity contribution in [2.45, 2.75) is 31.8 Å². The molecule has 5 nitrogen and oxygen atoms in total. The summed E-state index contributed by atoms with van der Waals surface area (Å²) >= 11 is 0. The zero-order valence-electron chi connectivity index (χ0n) is 12.2. The summed E-state index contributed by atoms with van der Waals surface area (Å²) in [5.74, 6) is 0.429. The molecule has 0 radical (unpaired) electrons. The zero-order chi connectivity index (χ0) is 14.6. The molecule has 6 heteroatoms. The molecule has 0 aromatic rings. The topological polar surface area (TPSA) is 55.8 Å². The van der Waals surface area contributed by atoms with Crippen LogP contribution in [0, 0.1) is 5.92 Å². The Kier molecular flexibility index (Phi) is 5.23. The van der Waals surface area contributed by atoms with E-state index in [1.54, 1.807) is 17.3 Å².